The second-order valence-corrected chi connectivity index (χ2v) is 25.3. The van der Waals surface area contributed by atoms with Gasteiger partial charge in [-0.1, -0.05) is 109 Å². The summed E-state index contributed by atoms with van der Waals surface area (Å²) in [5, 5.41) is 75.1. The summed E-state index contributed by atoms with van der Waals surface area (Å²) in [4.78, 5) is 182. The second-order valence-electron chi connectivity index (χ2n) is 25.3. The van der Waals surface area contributed by atoms with Crippen LogP contribution in [0.3, 0.4) is 0 Å². The number of nitrogens with zero attached hydrogens (tertiary/aromatic N) is 1. The number of nitrogens with two attached hydrogens (primary N) is 2. The smallest absolute Gasteiger partial charge is 0.305 e. The zero-order valence-electron chi connectivity index (χ0n) is 59.0. The third kappa shape index (κ3) is 25.5. The summed E-state index contributed by atoms with van der Waals surface area (Å²) in [6.07, 6.45) is -3.63. The van der Waals surface area contributed by atoms with E-state index in [0.717, 1.165) is 47.2 Å². The third-order valence-corrected chi connectivity index (χ3v) is 16.9. The summed E-state index contributed by atoms with van der Waals surface area (Å²) in [5.41, 5.74) is 19.2. The highest BCUT2D eigenvalue weighted by Crippen LogP contribution is 2.28. The lowest BCUT2D eigenvalue weighted by Crippen LogP contribution is -2.63. The first-order chi connectivity index (χ1) is 50.3. The number of H-pyrrole nitrogens is 1. The number of imidazole rings is 1. The SMILES string of the molecule is COc1ccc(-c2ccc(C[C@H](NC(=O)[C@H](CC(=O)O)NC(=O)[C@H](CO)NC(=O)[C@@H](NC(=O)[C@H](Cc3ccccc3)NC(=O)[C@@H](NC(=O)CNC(=O)[C@H](CCC(=O)O)NC(=O)[C@H](C)NC(=O)[C@@H](N)Cc3c[nH]cn3)[C@@H](C)O)[C@@H](C)O)C(=O)N[C@@H](Cc3ccc(-c4ccccc4C)cc3)C(N)=O)cc2)c(C)c1. The van der Waals surface area contributed by atoms with Crippen LogP contribution in [-0.4, -0.2) is 205 Å². The maximum Gasteiger partial charge on any atom is 0.305 e. The summed E-state index contributed by atoms with van der Waals surface area (Å²) in [7, 11) is 1.54. The fourth-order valence-electron chi connectivity index (χ4n) is 11.0. The number of benzene rings is 5. The molecule has 0 aliphatic rings. The van der Waals surface area contributed by atoms with E-state index in [2.05, 4.69) is 63.1 Å². The molecule has 0 fully saturated rings. The topological polar surface area (TPSA) is 533 Å². The standard InChI is InChI=1S/C73H90N14O19/c1-38-12-10-11-15-50(38)46-20-16-44(17-21-46)29-54(64(75)96)81-68(100)55(31-45-18-22-47(23-19-45)51-25-24-49(106-6)28-39(51)2)82-69(101)57(33-61(94)95)83-71(103)58(36-88)85-73(105)63(42(5)90)87-70(102)56(30-43-13-8-7-9-14-43)84-72(104)62(41(4)89)86-59(91)35-77-67(99)53(26-27-60(92)93)80-65(97)40(3)79-66(98)52(74)32-48-34-76-37-78-48/h7-25,28,34,37,40-42,52-58,62-63,88-90H,26-27,29-33,35-36,74H2,1-6H3,(H2,75,96)(H,76,78)(H,77,99)(H,79,98)(H,80,97)(H,81,100)(H,82,101)(H,83,103)(H,84,104)(H,85,105)(H,86,91)(H,87,102)(H,92,93)(H,94,95)/t40-,41+,42+,52-,53-,54-,55-,56-,57-,58-,62-,63-/m0/s1. The molecule has 106 heavy (non-hydrogen) atoms. The number of methoxy groups -OCH3 is 1. The number of amides is 11. The highest BCUT2D eigenvalue weighted by atomic mass is 16.5. The van der Waals surface area contributed by atoms with Gasteiger partial charge in [-0.15, -0.1) is 0 Å². The Kier molecular flexibility index (Phi) is 31.5. The molecule has 0 aliphatic carbocycles. The summed E-state index contributed by atoms with van der Waals surface area (Å²) >= 11 is 0. The van der Waals surface area contributed by atoms with E-state index in [4.69, 9.17) is 16.2 Å². The zero-order valence-corrected chi connectivity index (χ0v) is 59.0. The van der Waals surface area contributed by atoms with Gasteiger partial charge >= 0.3 is 11.9 Å². The number of carbonyl (C=O) groups is 13. The van der Waals surface area contributed by atoms with Gasteiger partial charge in [-0.3, -0.25) is 62.3 Å². The first-order valence-corrected chi connectivity index (χ1v) is 33.7. The van der Waals surface area contributed by atoms with Gasteiger partial charge in [-0.25, -0.2) is 4.98 Å². The molecule has 5 aromatic carbocycles. The van der Waals surface area contributed by atoms with Gasteiger partial charge in [0.1, 0.15) is 60.1 Å². The number of aryl methyl sites for hydroxylation is 2. The Bertz CT molecular complexity index is 4070. The Labute approximate surface area is 609 Å². The number of carbonyl (C=O) groups excluding carboxylic acids is 11. The van der Waals surface area contributed by atoms with Crippen molar-refractivity contribution >= 4 is 76.9 Å². The Hall–Kier alpha value is -11.9. The molecular formula is C73H90N14O19. The lowest BCUT2D eigenvalue weighted by Gasteiger charge is -2.28. The van der Waals surface area contributed by atoms with Crippen molar-refractivity contribution in [3.8, 4) is 28.0 Å². The maximum absolute atomic E-state index is 14.5. The lowest BCUT2D eigenvalue weighted by atomic mass is 9.96. The molecule has 0 aliphatic heterocycles. The number of primary amides is 1. The van der Waals surface area contributed by atoms with E-state index in [1.807, 2.05) is 62.4 Å². The normalized spacial score (nSPS) is 14.4. The van der Waals surface area contributed by atoms with Crippen LogP contribution in [0.1, 0.15) is 73.5 Å². The van der Waals surface area contributed by atoms with Crippen molar-refractivity contribution in [2.75, 3.05) is 20.3 Å². The van der Waals surface area contributed by atoms with E-state index in [1.54, 1.807) is 72.8 Å². The lowest BCUT2D eigenvalue weighted by molar-refractivity contribution is -0.142. The van der Waals surface area contributed by atoms with Crippen molar-refractivity contribution in [1.29, 1.82) is 0 Å². The van der Waals surface area contributed by atoms with Crippen LogP contribution in [0.4, 0.5) is 0 Å². The minimum atomic E-state index is -2.05. The van der Waals surface area contributed by atoms with Crippen LogP contribution in [-0.2, 0) is 88.0 Å². The number of carboxylic acids is 2. The largest absolute Gasteiger partial charge is 0.497 e. The van der Waals surface area contributed by atoms with Crippen LogP contribution in [0.5, 0.6) is 5.75 Å². The molecule has 0 unspecified atom stereocenters. The molecule has 6 aromatic rings. The van der Waals surface area contributed by atoms with Crippen LogP contribution in [0, 0.1) is 13.8 Å². The number of aliphatic hydroxyl groups is 3. The van der Waals surface area contributed by atoms with E-state index >= 15 is 0 Å². The van der Waals surface area contributed by atoms with Gasteiger partial charge in [0, 0.05) is 38.3 Å². The highest BCUT2D eigenvalue weighted by Gasteiger charge is 2.38. The molecule has 1 heterocycles. The molecule has 0 saturated carbocycles. The number of aliphatic hydroxyl groups excluding tert-OH is 3. The monoisotopic (exact) mass is 1470 g/mol. The number of aliphatic carboxylic acids is 2. The van der Waals surface area contributed by atoms with Gasteiger partial charge in [0.2, 0.25) is 65.0 Å². The molecule has 12 atom stereocenters. The van der Waals surface area contributed by atoms with Crippen LogP contribution in [0.25, 0.3) is 22.3 Å². The first kappa shape index (κ1) is 83.0. The van der Waals surface area contributed by atoms with E-state index < -0.39 is 182 Å². The van der Waals surface area contributed by atoms with Crippen molar-refractivity contribution in [3.05, 3.63) is 167 Å². The molecule has 0 spiro atoms. The predicted molar refractivity (Wildman–Crippen MR) is 382 cm³/mol. The molecule has 33 nitrogen and oxygen atoms in total. The van der Waals surface area contributed by atoms with Crippen LogP contribution in [0.15, 0.2) is 134 Å². The molecular weight excluding hydrogens is 1380 g/mol. The number of ether oxygens (including phenoxy) is 1. The summed E-state index contributed by atoms with van der Waals surface area (Å²) in [6, 6.07) is 18.6. The van der Waals surface area contributed by atoms with Gasteiger partial charge in [0.05, 0.1) is 57.0 Å². The second kappa shape index (κ2) is 40.2. The number of carboxylic acid groups (broad SMARTS) is 2. The van der Waals surface area contributed by atoms with Crippen LogP contribution < -0.4 is 69.4 Å². The highest BCUT2D eigenvalue weighted by molar-refractivity contribution is 6.00. The van der Waals surface area contributed by atoms with Crippen molar-refractivity contribution in [2.24, 2.45) is 11.5 Å². The molecule has 0 saturated heterocycles. The minimum absolute atomic E-state index is 0.00951. The predicted octanol–water partition coefficient (Wildman–Crippen LogP) is -1.95. The molecule has 0 bridgehead atoms. The Balaban J connectivity index is 1.14. The van der Waals surface area contributed by atoms with Gasteiger partial charge in [0.25, 0.3) is 0 Å². The molecule has 0 radical (unpaired) electrons. The van der Waals surface area contributed by atoms with Gasteiger partial charge in [-0.2, -0.15) is 0 Å². The number of hydrogen-bond donors (Lipinski definition) is 18. The molecule has 6 rings (SSSR count). The zero-order chi connectivity index (χ0) is 77.9. The maximum atomic E-state index is 14.5. The summed E-state index contributed by atoms with van der Waals surface area (Å²) in [6.45, 7) is 5.09. The quantitative estimate of drug-likeness (QED) is 0.0199. The summed E-state index contributed by atoms with van der Waals surface area (Å²) in [5.74, 6) is -14.5. The minimum Gasteiger partial charge on any atom is -0.497 e. The fraction of sp³-hybridized carbons (Fsp3) is 0.370. The molecule has 1 aromatic heterocycles. The Morgan fingerprint density at radius 2 is 0.991 bits per heavy atom. The fourth-order valence-corrected chi connectivity index (χ4v) is 11.0. The van der Waals surface area contributed by atoms with Crippen molar-refractivity contribution in [1.82, 2.24) is 63.1 Å². The number of aromatic nitrogens is 2. The molecule has 566 valence electrons. The Morgan fingerprint density at radius 1 is 0.500 bits per heavy atom. The number of rotatable bonds is 40. The van der Waals surface area contributed by atoms with E-state index in [0.29, 0.717) is 28.1 Å². The van der Waals surface area contributed by atoms with E-state index in [1.165, 1.54) is 26.6 Å². The van der Waals surface area contributed by atoms with Gasteiger partial charge < -0.3 is 99.9 Å². The number of nitrogens with one attached hydrogen (secondary N) is 11. The van der Waals surface area contributed by atoms with Crippen molar-refractivity contribution in [3.63, 3.8) is 0 Å². The Morgan fingerprint density at radius 3 is 1.52 bits per heavy atom. The summed E-state index contributed by atoms with van der Waals surface area (Å²) < 4.78 is 5.35. The average Bonchev–Trinajstić information content (AvgIpc) is 0.896. The number of aromatic amines is 1. The van der Waals surface area contributed by atoms with Crippen molar-refractivity contribution in [2.45, 2.75) is 152 Å². The average molecular weight is 1470 g/mol. The van der Waals surface area contributed by atoms with Gasteiger partial charge in [0.15, 0.2) is 0 Å². The van der Waals surface area contributed by atoms with Crippen molar-refractivity contribution < 1.29 is 92.6 Å². The number of hydrogen-bond acceptors (Lipinski definition) is 19. The van der Waals surface area contributed by atoms with Gasteiger partial charge in [-0.05, 0) is 103 Å². The van der Waals surface area contributed by atoms with Crippen LogP contribution in [0.2, 0.25) is 0 Å². The third-order valence-electron chi connectivity index (χ3n) is 16.9. The van der Waals surface area contributed by atoms with Crippen LogP contribution >= 0.6 is 0 Å². The first-order valence-electron chi connectivity index (χ1n) is 33.7. The van der Waals surface area contributed by atoms with E-state index in [9.17, 15) is 87.9 Å². The van der Waals surface area contributed by atoms with E-state index in [-0.39, 0.29) is 25.7 Å². The molecule has 20 N–H and O–H groups in total. The molecule has 11 amide bonds. The molecule has 33 heteroatoms.